The van der Waals surface area contributed by atoms with Gasteiger partial charge >= 0.3 is 12.1 Å². The third-order valence-electron chi connectivity index (χ3n) is 3.17. The smallest absolute Gasteiger partial charge is 0.417 e. The number of hydrogen-bond donors (Lipinski definition) is 0. The maximum Gasteiger partial charge on any atom is 0.417 e. The molecule has 0 atom stereocenters. The van der Waals surface area contributed by atoms with Gasteiger partial charge in [-0.2, -0.15) is 13.2 Å². The lowest BCUT2D eigenvalue weighted by molar-refractivity contribution is -0.137. The second kappa shape index (κ2) is 5.63. The Balaban J connectivity index is 2.67. The van der Waals surface area contributed by atoms with Crippen LogP contribution in [-0.2, 0) is 17.5 Å². The van der Waals surface area contributed by atoms with Crippen LogP contribution in [0.25, 0.3) is 11.1 Å². The second-order valence-electron chi connectivity index (χ2n) is 4.45. The van der Waals surface area contributed by atoms with E-state index in [4.69, 9.17) is 0 Å². The molecule has 0 amide bonds. The number of ether oxygens (including phenoxy) is 1. The molecule has 0 spiro atoms. The second-order valence-corrected chi connectivity index (χ2v) is 4.45. The van der Waals surface area contributed by atoms with E-state index in [1.54, 1.807) is 4.57 Å². The number of nitrogens with zero attached hydrogens (tertiary/aromatic N) is 1. The van der Waals surface area contributed by atoms with Gasteiger partial charge in [-0.25, -0.2) is 4.79 Å². The van der Waals surface area contributed by atoms with E-state index in [-0.39, 0.29) is 16.7 Å². The van der Waals surface area contributed by atoms with Crippen molar-refractivity contribution in [2.75, 3.05) is 7.11 Å². The molecule has 1 aromatic heterocycles. The van der Waals surface area contributed by atoms with Crippen LogP contribution in [0, 0.1) is 0 Å². The number of rotatable bonds is 3. The number of alkyl halides is 3. The predicted octanol–water partition coefficient (Wildman–Crippen LogP) is 3.98. The maximum atomic E-state index is 13.1. The van der Waals surface area contributed by atoms with E-state index >= 15 is 0 Å². The number of aryl methyl sites for hydroxylation is 1. The lowest BCUT2D eigenvalue weighted by Gasteiger charge is -2.12. The number of carbonyl (C=O) groups is 1. The van der Waals surface area contributed by atoms with E-state index in [0.29, 0.717) is 6.54 Å². The summed E-state index contributed by atoms with van der Waals surface area (Å²) in [5.41, 5.74) is -0.464. The first-order valence-electron chi connectivity index (χ1n) is 6.33. The number of hydrogen-bond acceptors (Lipinski definition) is 2. The van der Waals surface area contributed by atoms with Crippen LogP contribution in [0.15, 0.2) is 36.7 Å². The molecule has 1 heterocycles. The molecule has 0 bridgehead atoms. The van der Waals surface area contributed by atoms with E-state index in [2.05, 4.69) is 4.74 Å². The minimum atomic E-state index is -4.49. The molecular weight excluding hydrogens is 283 g/mol. The van der Waals surface area contributed by atoms with Crippen molar-refractivity contribution in [3.05, 3.63) is 47.8 Å². The van der Waals surface area contributed by atoms with Crippen LogP contribution in [0.2, 0.25) is 0 Å². The first kappa shape index (κ1) is 15.2. The summed E-state index contributed by atoms with van der Waals surface area (Å²) >= 11 is 0. The summed E-state index contributed by atoms with van der Waals surface area (Å²) in [5, 5.41) is 0. The molecule has 0 N–H and O–H groups in total. The molecule has 2 rings (SSSR count). The third-order valence-corrected chi connectivity index (χ3v) is 3.17. The Morgan fingerprint density at radius 1 is 1.19 bits per heavy atom. The highest BCUT2D eigenvalue weighted by atomic mass is 19.4. The Morgan fingerprint density at radius 2 is 1.86 bits per heavy atom. The Hall–Kier alpha value is -2.24. The Morgan fingerprint density at radius 3 is 2.43 bits per heavy atom. The van der Waals surface area contributed by atoms with Crippen molar-refractivity contribution in [1.82, 2.24) is 4.57 Å². The minimum Gasteiger partial charge on any atom is -0.465 e. The van der Waals surface area contributed by atoms with Crippen LogP contribution in [0.3, 0.4) is 0 Å². The van der Waals surface area contributed by atoms with Crippen molar-refractivity contribution < 1.29 is 22.7 Å². The number of halogens is 3. The molecule has 0 fully saturated rings. The molecule has 2 aromatic rings. The topological polar surface area (TPSA) is 31.2 Å². The standard InChI is InChI=1S/C15H14F3NO2/c1-3-19-8-11(12(9-19)14(20)21-2)10-6-4-5-7-13(10)15(16,17)18/h4-9H,3H2,1-2H3. The summed E-state index contributed by atoms with van der Waals surface area (Å²) in [6.07, 6.45) is -1.47. The van der Waals surface area contributed by atoms with Gasteiger partial charge in [0, 0.05) is 24.5 Å². The molecule has 0 saturated heterocycles. The van der Waals surface area contributed by atoms with Crippen molar-refractivity contribution in [1.29, 1.82) is 0 Å². The zero-order chi connectivity index (χ0) is 15.6. The fraction of sp³-hybridized carbons (Fsp3) is 0.267. The summed E-state index contributed by atoms with van der Waals surface area (Å²) in [5.74, 6) is -0.658. The average molecular weight is 297 g/mol. The summed E-state index contributed by atoms with van der Waals surface area (Å²) < 4.78 is 45.6. The molecule has 3 nitrogen and oxygen atoms in total. The normalized spacial score (nSPS) is 11.5. The van der Waals surface area contributed by atoms with Crippen LogP contribution >= 0.6 is 0 Å². The summed E-state index contributed by atoms with van der Waals surface area (Å²) in [6, 6.07) is 5.18. The number of aromatic nitrogens is 1. The van der Waals surface area contributed by atoms with Crippen molar-refractivity contribution in [3.8, 4) is 11.1 Å². The molecule has 0 radical (unpaired) electrons. The average Bonchev–Trinajstić information content (AvgIpc) is 2.89. The number of benzene rings is 1. The van der Waals surface area contributed by atoms with Gasteiger partial charge < -0.3 is 9.30 Å². The quantitative estimate of drug-likeness (QED) is 0.802. The van der Waals surface area contributed by atoms with Crippen molar-refractivity contribution in [3.63, 3.8) is 0 Å². The van der Waals surface area contributed by atoms with Gasteiger partial charge in [0.1, 0.15) is 0 Å². The molecule has 0 aliphatic rings. The first-order valence-corrected chi connectivity index (χ1v) is 6.33. The molecule has 1 aromatic carbocycles. The molecule has 0 saturated carbocycles. The van der Waals surface area contributed by atoms with E-state index in [1.807, 2.05) is 6.92 Å². The van der Waals surface area contributed by atoms with Gasteiger partial charge in [0.05, 0.1) is 18.2 Å². The molecule has 0 unspecified atom stereocenters. The van der Waals surface area contributed by atoms with Crippen molar-refractivity contribution in [2.24, 2.45) is 0 Å². The van der Waals surface area contributed by atoms with Crippen LogP contribution in [-0.4, -0.2) is 17.6 Å². The molecular formula is C15H14F3NO2. The lowest BCUT2D eigenvalue weighted by Crippen LogP contribution is -2.08. The summed E-state index contributed by atoms with van der Waals surface area (Å²) in [6.45, 7) is 2.37. The summed E-state index contributed by atoms with van der Waals surface area (Å²) in [4.78, 5) is 11.8. The fourth-order valence-corrected chi connectivity index (χ4v) is 2.14. The zero-order valence-corrected chi connectivity index (χ0v) is 11.6. The SMILES string of the molecule is CCn1cc(C(=O)OC)c(-c2ccccc2C(F)(F)F)c1. The van der Waals surface area contributed by atoms with Gasteiger partial charge in [-0.3, -0.25) is 0 Å². The van der Waals surface area contributed by atoms with Gasteiger partial charge in [-0.05, 0) is 18.6 Å². The van der Waals surface area contributed by atoms with E-state index < -0.39 is 17.7 Å². The third kappa shape index (κ3) is 2.94. The van der Waals surface area contributed by atoms with Gasteiger partial charge in [0.2, 0.25) is 0 Å². The monoisotopic (exact) mass is 297 g/mol. The molecule has 0 aliphatic carbocycles. The van der Waals surface area contributed by atoms with Gasteiger partial charge in [-0.15, -0.1) is 0 Å². The number of methoxy groups -OCH3 is 1. The van der Waals surface area contributed by atoms with E-state index in [9.17, 15) is 18.0 Å². The molecule has 21 heavy (non-hydrogen) atoms. The van der Waals surface area contributed by atoms with Gasteiger partial charge in [0.15, 0.2) is 0 Å². The maximum absolute atomic E-state index is 13.1. The molecule has 112 valence electrons. The Bertz CT molecular complexity index is 659. The zero-order valence-electron chi connectivity index (χ0n) is 11.6. The Labute approximate surface area is 120 Å². The van der Waals surface area contributed by atoms with Crippen LogP contribution in [0.1, 0.15) is 22.8 Å². The molecule has 6 heteroatoms. The van der Waals surface area contributed by atoms with Crippen molar-refractivity contribution >= 4 is 5.97 Å². The van der Waals surface area contributed by atoms with E-state index in [0.717, 1.165) is 6.07 Å². The predicted molar refractivity (Wildman–Crippen MR) is 71.9 cm³/mol. The highest BCUT2D eigenvalue weighted by Gasteiger charge is 2.34. The molecule has 0 aliphatic heterocycles. The summed E-state index contributed by atoms with van der Waals surface area (Å²) in [7, 11) is 1.20. The highest BCUT2D eigenvalue weighted by molar-refractivity contribution is 5.97. The van der Waals surface area contributed by atoms with E-state index in [1.165, 1.54) is 37.7 Å². The minimum absolute atomic E-state index is 0.0300. The Kier molecular flexibility index (Phi) is 4.06. The largest absolute Gasteiger partial charge is 0.465 e. The van der Waals surface area contributed by atoms with Crippen LogP contribution in [0.5, 0.6) is 0 Å². The van der Waals surface area contributed by atoms with Gasteiger partial charge in [-0.1, -0.05) is 18.2 Å². The number of carbonyl (C=O) groups excluding carboxylic acids is 1. The lowest BCUT2D eigenvalue weighted by atomic mass is 9.98. The fourth-order valence-electron chi connectivity index (χ4n) is 2.14. The van der Waals surface area contributed by atoms with Crippen LogP contribution in [0.4, 0.5) is 13.2 Å². The van der Waals surface area contributed by atoms with Crippen molar-refractivity contribution in [2.45, 2.75) is 19.6 Å². The number of esters is 1. The van der Waals surface area contributed by atoms with Crippen LogP contribution < -0.4 is 0 Å². The van der Waals surface area contributed by atoms with Gasteiger partial charge in [0.25, 0.3) is 0 Å². The highest BCUT2D eigenvalue weighted by Crippen LogP contribution is 2.38. The first-order chi connectivity index (χ1) is 9.88.